The molecule has 0 fully saturated rings. The quantitative estimate of drug-likeness (QED) is 0.788. The molecule has 0 aliphatic carbocycles. The standard InChI is InChI=1S/C17H13N3O2/c1-22-17-12(6-3-7-18-17)11-5-2-4-10-8-13-14(20-15(10)11)9-19-16(13)21/h2-8H,9H2,1H3,(H,19,21). The third kappa shape index (κ3) is 1.83. The first-order chi connectivity index (χ1) is 10.8. The highest BCUT2D eigenvalue weighted by atomic mass is 16.5. The number of hydrogen-bond acceptors (Lipinski definition) is 4. The SMILES string of the molecule is COc1ncccc1-c1cccc2cc3c(nc12)CNC3=O. The third-order valence-electron chi connectivity index (χ3n) is 3.84. The number of amides is 1. The van der Waals surface area contributed by atoms with Gasteiger partial charge < -0.3 is 10.1 Å². The number of aromatic nitrogens is 2. The molecule has 108 valence electrons. The van der Waals surface area contributed by atoms with Gasteiger partial charge in [-0.15, -0.1) is 0 Å². The predicted octanol–water partition coefficient (Wildman–Crippen LogP) is 2.55. The summed E-state index contributed by atoms with van der Waals surface area (Å²) in [6, 6.07) is 11.6. The van der Waals surface area contributed by atoms with Gasteiger partial charge >= 0.3 is 0 Å². The number of benzene rings is 1. The van der Waals surface area contributed by atoms with Crippen molar-refractivity contribution in [1.29, 1.82) is 0 Å². The number of fused-ring (bicyclic) bond motifs is 2. The summed E-state index contributed by atoms with van der Waals surface area (Å²) in [7, 11) is 1.60. The minimum atomic E-state index is -0.0613. The van der Waals surface area contributed by atoms with Gasteiger partial charge in [-0.25, -0.2) is 9.97 Å². The minimum Gasteiger partial charge on any atom is -0.481 e. The normalized spacial score (nSPS) is 13.0. The van der Waals surface area contributed by atoms with Crippen LogP contribution >= 0.6 is 0 Å². The van der Waals surface area contributed by atoms with E-state index < -0.39 is 0 Å². The zero-order chi connectivity index (χ0) is 15.1. The lowest BCUT2D eigenvalue weighted by atomic mass is 10.0. The number of carbonyl (C=O) groups is 1. The van der Waals surface area contributed by atoms with Crippen molar-refractivity contribution in [3.05, 3.63) is 53.9 Å². The zero-order valence-electron chi connectivity index (χ0n) is 12.0. The molecule has 1 aromatic carbocycles. The van der Waals surface area contributed by atoms with Crippen molar-refractivity contribution in [2.24, 2.45) is 0 Å². The summed E-state index contributed by atoms with van der Waals surface area (Å²) in [5.74, 6) is 0.500. The van der Waals surface area contributed by atoms with Crippen LogP contribution in [0, 0.1) is 0 Å². The molecule has 0 saturated heterocycles. The second kappa shape index (κ2) is 4.80. The summed E-state index contributed by atoms with van der Waals surface area (Å²) in [6.07, 6.45) is 1.70. The maximum atomic E-state index is 11.8. The molecular weight excluding hydrogens is 278 g/mol. The number of para-hydroxylation sites is 1. The molecule has 1 amide bonds. The van der Waals surface area contributed by atoms with E-state index in [1.165, 1.54) is 0 Å². The fourth-order valence-corrected chi connectivity index (χ4v) is 2.80. The Balaban J connectivity index is 2.01. The van der Waals surface area contributed by atoms with E-state index in [0.29, 0.717) is 18.0 Å². The molecule has 5 nitrogen and oxygen atoms in total. The lowest BCUT2D eigenvalue weighted by Crippen LogP contribution is -2.12. The van der Waals surface area contributed by atoms with Crippen LogP contribution in [0.1, 0.15) is 16.1 Å². The molecule has 0 bridgehead atoms. The first-order valence-corrected chi connectivity index (χ1v) is 6.98. The van der Waals surface area contributed by atoms with Crippen molar-refractivity contribution >= 4 is 16.8 Å². The van der Waals surface area contributed by atoms with Crippen LogP contribution in [-0.2, 0) is 6.54 Å². The van der Waals surface area contributed by atoms with Gasteiger partial charge in [0.2, 0.25) is 5.88 Å². The summed E-state index contributed by atoms with van der Waals surface area (Å²) in [6.45, 7) is 0.475. The minimum absolute atomic E-state index is 0.0613. The lowest BCUT2D eigenvalue weighted by molar-refractivity contribution is 0.0966. The van der Waals surface area contributed by atoms with E-state index in [1.54, 1.807) is 13.3 Å². The van der Waals surface area contributed by atoms with E-state index in [0.717, 1.165) is 27.7 Å². The largest absolute Gasteiger partial charge is 0.481 e. The smallest absolute Gasteiger partial charge is 0.253 e. The van der Waals surface area contributed by atoms with Crippen LogP contribution in [-0.4, -0.2) is 23.0 Å². The fraction of sp³-hybridized carbons (Fsp3) is 0.118. The maximum absolute atomic E-state index is 11.8. The van der Waals surface area contributed by atoms with E-state index in [-0.39, 0.29) is 5.91 Å². The lowest BCUT2D eigenvalue weighted by Gasteiger charge is -2.10. The Labute approximate surface area is 127 Å². The van der Waals surface area contributed by atoms with Crippen LogP contribution in [0.3, 0.4) is 0 Å². The summed E-state index contributed by atoms with van der Waals surface area (Å²) in [4.78, 5) is 20.7. The number of nitrogens with zero attached hydrogens (tertiary/aromatic N) is 2. The molecule has 0 saturated carbocycles. The van der Waals surface area contributed by atoms with E-state index in [1.807, 2.05) is 36.4 Å². The summed E-state index contributed by atoms with van der Waals surface area (Å²) >= 11 is 0. The highest BCUT2D eigenvalue weighted by Crippen LogP contribution is 2.33. The third-order valence-corrected chi connectivity index (χ3v) is 3.84. The number of carbonyl (C=O) groups excluding carboxylic acids is 1. The summed E-state index contributed by atoms with van der Waals surface area (Å²) in [5, 5.41) is 3.73. The van der Waals surface area contributed by atoms with Crippen LogP contribution < -0.4 is 10.1 Å². The molecule has 1 N–H and O–H groups in total. The average molecular weight is 291 g/mol. The van der Waals surface area contributed by atoms with Gasteiger partial charge in [0.25, 0.3) is 5.91 Å². The second-order valence-corrected chi connectivity index (χ2v) is 5.10. The molecule has 0 unspecified atom stereocenters. The summed E-state index contributed by atoms with van der Waals surface area (Å²) < 4.78 is 5.35. The number of nitrogens with one attached hydrogen (secondary N) is 1. The predicted molar refractivity (Wildman–Crippen MR) is 82.7 cm³/mol. The van der Waals surface area contributed by atoms with Gasteiger partial charge in [-0.1, -0.05) is 18.2 Å². The highest BCUT2D eigenvalue weighted by molar-refractivity contribution is 6.03. The monoisotopic (exact) mass is 291 g/mol. The Morgan fingerprint density at radius 3 is 2.86 bits per heavy atom. The maximum Gasteiger partial charge on any atom is 0.253 e. The molecule has 4 rings (SSSR count). The first-order valence-electron chi connectivity index (χ1n) is 6.98. The van der Waals surface area contributed by atoms with Gasteiger partial charge in [0.15, 0.2) is 0 Å². The number of pyridine rings is 2. The van der Waals surface area contributed by atoms with E-state index in [4.69, 9.17) is 9.72 Å². The number of ether oxygens (including phenoxy) is 1. The van der Waals surface area contributed by atoms with Gasteiger partial charge in [0.05, 0.1) is 30.4 Å². The molecule has 3 heterocycles. The van der Waals surface area contributed by atoms with Crippen LogP contribution in [0.4, 0.5) is 0 Å². The van der Waals surface area contributed by atoms with E-state index in [9.17, 15) is 4.79 Å². The Morgan fingerprint density at radius 1 is 1.14 bits per heavy atom. The average Bonchev–Trinajstić information content (AvgIpc) is 2.93. The van der Waals surface area contributed by atoms with Gasteiger partial charge in [0.1, 0.15) is 0 Å². The van der Waals surface area contributed by atoms with Crippen LogP contribution in [0.2, 0.25) is 0 Å². The van der Waals surface area contributed by atoms with Crippen LogP contribution in [0.25, 0.3) is 22.0 Å². The molecule has 0 spiro atoms. The topological polar surface area (TPSA) is 64.1 Å². The molecule has 0 radical (unpaired) electrons. The Kier molecular flexibility index (Phi) is 2.79. The number of rotatable bonds is 2. The molecule has 2 aromatic heterocycles. The van der Waals surface area contributed by atoms with Gasteiger partial charge in [-0.05, 0) is 18.2 Å². The van der Waals surface area contributed by atoms with Crippen LogP contribution in [0.5, 0.6) is 5.88 Å². The van der Waals surface area contributed by atoms with E-state index >= 15 is 0 Å². The Morgan fingerprint density at radius 2 is 2.00 bits per heavy atom. The van der Waals surface area contributed by atoms with Crippen molar-refractivity contribution in [3.8, 4) is 17.0 Å². The molecule has 22 heavy (non-hydrogen) atoms. The molecule has 5 heteroatoms. The van der Waals surface area contributed by atoms with Crippen molar-refractivity contribution in [3.63, 3.8) is 0 Å². The number of hydrogen-bond donors (Lipinski definition) is 1. The second-order valence-electron chi connectivity index (χ2n) is 5.10. The molecule has 1 aliphatic rings. The highest BCUT2D eigenvalue weighted by Gasteiger charge is 2.22. The van der Waals surface area contributed by atoms with Crippen molar-refractivity contribution in [1.82, 2.24) is 15.3 Å². The molecular formula is C17H13N3O2. The van der Waals surface area contributed by atoms with Gasteiger partial charge in [0, 0.05) is 22.7 Å². The van der Waals surface area contributed by atoms with Gasteiger partial charge in [-0.3, -0.25) is 4.79 Å². The van der Waals surface area contributed by atoms with Crippen LogP contribution in [0.15, 0.2) is 42.6 Å². The molecule has 0 atom stereocenters. The molecule has 1 aliphatic heterocycles. The fourth-order valence-electron chi connectivity index (χ4n) is 2.80. The molecule has 3 aromatic rings. The van der Waals surface area contributed by atoms with Crippen molar-refractivity contribution < 1.29 is 9.53 Å². The first kappa shape index (κ1) is 12.8. The van der Waals surface area contributed by atoms with E-state index in [2.05, 4.69) is 10.3 Å². The van der Waals surface area contributed by atoms with Crippen molar-refractivity contribution in [2.75, 3.05) is 7.11 Å². The van der Waals surface area contributed by atoms with Gasteiger partial charge in [-0.2, -0.15) is 0 Å². The Bertz CT molecular complexity index is 906. The zero-order valence-corrected chi connectivity index (χ0v) is 12.0. The Hall–Kier alpha value is -2.95. The number of methoxy groups -OCH3 is 1. The summed E-state index contributed by atoms with van der Waals surface area (Å²) in [5.41, 5.74) is 4.13. The van der Waals surface area contributed by atoms with Crippen molar-refractivity contribution in [2.45, 2.75) is 6.54 Å².